The maximum Gasteiger partial charge on any atom is 0.267 e. The number of benzene rings is 2. The minimum absolute atomic E-state index is 0.0897. The molecule has 6 heteroatoms. The van der Waals surface area contributed by atoms with Crippen LogP contribution >= 0.6 is 23.1 Å². The van der Waals surface area contributed by atoms with Crippen LogP contribution in [0.3, 0.4) is 0 Å². The third-order valence-corrected chi connectivity index (χ3v) is 8.49. The zero-order valence-electron chi connectivity index (χ0n) is 19.3. The van der Waals surface area contributed by atoms with Gasteiger partial charge in [0.2, 0.25) is 0 Å². The summed E-state index contributed by atoms with van der Waals surface area (Å²) in [7, 11) is 0. The van der Waals surface area contributed by atoms with Crippen molar-refractivity contribution in [1.82, 2.24) is 9.55 Å². The molecule has 0 aliphatic carbocycles. The summed E-state index contributed by atoms with van der Waals surface area (Å²) in [5.74, 6) is 0.973. The summed E-state index contributed by atoms with van der Waals surface area (Å²) >= 11 is 3.43. The molecule has 4 aromatic rings. The Labute approximate surface area is 203 Å². The van der Waals surface area contributed by atoms with Crippen LogP contribution in [0.4, 0.5) is 0 Å². The standard InChI is InChI=1S/C27H29N3OS2/c1-3-4-16-32-27-28-25-24(26(31)30(27)21-12-10-19(2)11-13-21)22-14-15-29(18-23(22)33-25)17-20-8-6-5-7-9-20/h5-13H,3-4,14-18H2,1-2H3/p+1. The van der Waals surface area contributed by atoms with E-state index in [-0.39, 0.29) is 5.56 Å². The third kappa shape index (κ3) is 4.65. The number of nitrogens with zero attached hydrogens (tertiary/aromatic N) is 2. The average Bonchev–Trinajstić information content (AvgIpc) is 3.19. The van der Waals surface area contributed by atoms with Gasteiger partial charge in [0.25, 0.3) is 5.56 Å². The lowest BCUT2D eigenvalue weighted by atomic mass is 10.0. The smallest absolute Gasteiger partial charge is 0.267 e. The van der Waals surface area contributed by atoms with Crippen molar-refractivity contribution in [3.8, 4) is 5.69 Å². The highest BCUT2D eigenvalue weighted by atomic mass is 32.2. The minimum atomic E-state index is 0.0897. The third-order valence-electron chi connectivity index (χ3n) is 6.33. The molecule has 2 aromatic heterocycles. The highest BCUT2D eigenvalue weighted by Gasteiger charge is 2.27. The zero-order valence-corrected chi connectivity index (χ0v) is 20.9. The number of aromatic nitrogens is 2. The van der Waals surface area contributed by atoms with Gasteiger partial charge in [-0.3, -0.25) is 9.36 Å². The van der Waals surface area contributed by atoms with E-state index in [9.17, 15) is 4.79 Å². The molecule has 1 unspecified atom stereocenters. The van der Waals surface area contributed by atoms with E-state index in [1.165, 1.54) is 21.6 Å². The van der Waals surface area contributed by atoms with Gasteiger partial charge in [0.05, 0.1) is 22.5 Å². The monoisotopic (exact) mass is 476 g/mol. The Balaban J connectivity index is 1.55. The second-order valence-electron chi connectivity index (χ2n) is 8.85. The maximum absolute atomic E-state index is 13.9. The lowest BCUT2D eigenvalue weighted by Crippen LogP contribution is -3.10. The van der Waals surface area contributed by atoms with Gasteiger partial charge in [-0.05, 0) is 31.0 Å². The maximum atomic E-state index is 13.9. The molecule has 33 heavy (non-hydrogen) atoms. The van der Waals surface area contributed by atoms with Gasteiger partial charge in [0, 0.05) is 17.7 Å². The molecule has 0 fully saturated rings. The topological polar surface area (TPSA) is 39.3 Å². The normalized spacial score (nSPS) is 15.6. The fraction of sp³-hybridized carbons (Fsp3) is 0.333. The molecular weight excluding hydrogens is 446 g/mol. The van der Waals surface area contributed by atoms with Crippen molar-refractivity contribution in [3.63, 3.8) is 0 Å². The van der Waals surface area contributed by atoms with Crippen LogP contribution in [0.2, 0.25) is 0 Å². The van der Waals surface area contributed by atoms with Gasteiger partial charge < -0.3 is 4.90 Å². The second kappa shape index (κ2) is 9.84. The summed E-state index contributed by atoms with van der Waals surface area (Å²) in [6.45, 7) is 7.30. The summed E-state index contributed by atoms with van der Waals surface area (Å²) in [5, 5.41) is 1.66. The number of hydrogen-bond donors (Lipinski definition) is 1. The van der Waals surface area contributed by atoms with E-state index in [2.05, 4.69) is 56.3 Å². The Bertz CT molecular complexity index is 1310. The molecule has 2 aromatic carbocycles. The van der Waals surface area contributed by atoms with Gasteiger partial charge in [-0.25, -0.2) is 4.98 Å². The van der Waals surface area contributed by atoms with Gasteiger partial charge in [-0.2, -0.15) is 0 Å². The molecule has 0 spiro atoms. The van der Waals surface area contributed by atoms with Crippen LogP contribution in [0.5, 0.6) is 0 Å². The molecule has 170 valence electrons. The van der Waals surface area contributed by atoms with E-state index in [4.69, 9.17) is 4.98 Å². The van der Waals surface area contributed by atoms with Gasteiger partial charge in [-0.15, -0.1) is 11.3 Å². The largest absolute Gasteiger partial charge is 0.326 e. The van der Waals surface area contributed by atoms with Gasteiger partial charge in [0.15, 0.2) is 5.16 Å². The molecule has 1 atom stereocenters. The number of rotatable bonds is 7. The number of quaternary nitrogens is 1. The van der Waals surface area contributed by atoms with E-state index in [1.54, 1.807) is 28.0 Å². The van der Waals surface area contributed by atoms with E-state index in [1.807, 2.05) is 16.7 Å². The van der Waals surface area contributed by atoms with E-state index >= 15 is 0 Å². The Kier molecular flexibility index (Phi) is 6.67. The molecule has 0 saturated heterocycles. The molecule has 1 aliphatic rings. The quantitative estimate of drug-likeness (QED) is 0.237. The van der Waals surface area contributed by atoms with Crippen molar-refractivity contribution < 1.29 is 4.90 Å². The number of unbranched alkanes of at least 4 members (excludes halogenated alkanes) is 1. The first-order valence-electron chi connectivity index (χ1n) is 11.8. The van der Waals surface area contributed by atoms with Crippen LogP contribution in [0.15, 0.2) is 64.5 Å². The predicted molar refractivity (Wildman–Crippen MR) is 139 cm³/mol. The molecule has 0 amide bonds. The molecule has 0 saturated carbocycles. The fourth-order valence-corrected chi connectivity index (χ4v) is 6.95. The van der Waals surface area contributed by atoms with Crippen LogP contribution in [0.1, 0.15) is 41.3 Å². The summed E-state index contributed by atoms with van der Waals surface area (Å²) in [6.07, 6.45) is 3.19. The van der Waals surface area contributed by atoms with Gasteiger partial charge >= 0.3 is 0 Å². The lowest BCUT2D eigenvalue weighted by molar-refractivity contribution is -0.929. The van der Waals surface area contributed by atoms with Crippen molar-refractivity contribution in [1.29, 1.82) is 0 Å². The number of nitrogens with one attached hydrogen (secondary N) is 1. The van der Waals surface area contributed by atoms with Crippen LogP contribution in [0.25, 0.3) is 15.9 Å². The van der Waals surface area contributed by atoms with Crippen molar-refractivity contribution in [2.75, 3.05) is 12.3 Å². The molecule has 3 heterocycles. The number of thioether (sulfide) groups is 1. The van der Waals surface area contributed by atoms with Crippen molar-refractivity contribution in [2.45, 2.75) is 51.4 Å². The van der Waals surface area contributed by atoms with Crippen molar-refractivity contribution in [3.05, 3.63) is 86.5 Å². The number of aryl methyl sites for hydroxylation is 1. The molecule has 0 radical (unpaired) electrons. The SMILES string of the molecule is CCCCSc1nc2sc3c(c2c(=O)n1-c1ccc(C)cc1)CC[NH+](Cc1ccccc1)C3. The first kappa shape index (κ1) is 22.4. The van der Waals surface area contributed by atoms with E-state index < -0.39 is 0 Å². The van der Waals surface area contributed by atoms with Crippen LogP contribution in [-0.4, -0.2) is 21.8 Å². The minimum Gasteiger partial charge on any atom is -0.326 e. The van der Waals surface area contributed by atoms with Gasteiger partial charge in [-0.1, -0.05) is 73.1 Å². The number of thiophene rings is 1. The summed E-state index contributed by atoms with van der Waals surface area (Å²) in [5.41, 5.74) is 4.79. The number of fused-ring (bicyclic) bond motifs is 3. The molecule has 1 aliphatic heterocycles. The lowest BCUT2D eigenvalue weighted by Gasteiger charge is -2.24. The first-order valence-corrected chi connectivity index (χ1v) is 13.6. The summed E-state index contributed by atoms with van der Waals surface area (Å²) < 4.78 is 1.85. The highest BCUT2D eigenvalue weighted by Crippen LogP contribution is 2.32. The molecular formula is C27H30N3OS2+. The summed E-state index contributed by atoms with van der Waals surface area (Å²) in [6, 6.07) is 18.9. The Morgan fingerprint density at radius 3 is 2.67 bits per heavy atom. The Morgan fingerprint density at radius 2 is 1.91 bits per heavy atom. The highest BCUT2D eigenvalue weighted by molar-refractivity contribution is 7.99. The molecule has 1 N–H and O–H groups in total. The molecule has 5 rings (SSSR count). The van der Waals surface area contributed by atoms with Crippen molar-refractivity contribution >= 4 is 33.3 Å². The van der Waals surface area contributed by atoms with Crippen LogP contribution in [-0.2, 0) is 19.5 Å². The Morgan fingerprint density at radius 1 is 1.12 bits per heavy atom. The zero-order chi connectivity index (χ0) is 22.8. The Hall–Kier alpha value is -2.41. The van der Waals surface area contributed by atoms with Crippen molar-refractivity contribution in [2.24, 2.45) is 0 Å². The first-order chi connectivity index (χ1) is 16.1. The predicted octanol–water partition coefficient (Wildman–Crippen LogP) is 4.79. The summed E-state index contributed by atoms with van der Waals surface area (Å²) in [4.78, 5) is 22.7. The average molecular weight is 477 g/mol. The van der Waals surface area contributed by atoms with E-state index in [0.717, 1.165) is 65.7 Å². The fourth-order valence-electron chi connectivity index (χ4n) is 4.52. The second-order valence-corrected chi connectivity index (χ2v) is 11.0. The van der Waals surface area contributed by atoms with E-state index in [0.29, 0.717) is 0 Å². The number of hydrogen-bond acceptors (Lipinski definition) is 4. The van der Waals surface area contributed by atoms with Crippen LogP contribution < -0.4 is 10.5 Å². The molecule has 0 bridgehead atoms. The molecule has 4 nitrogen and oxygen atoms in total. The van der Waals surface area contributed by atoms with Crippen LogP contribution in [0, 0.1) is 6.92 Å². The van der Waals surface area contributed by atoms with Gasteiger partial charge in [0.1, 0.15) is 17.9 Å².